The molecule has 0 unspecified atom stereocenters. The molecule has 2 amide bonds. The van der Waals surface area contributed by atoms with Crippen molar-refractivity contribution >= 4 is 40.0 Å². The molecule has 1 saturated heterocycles. The second-order valence-corrected chi connectivity index (χ2v) is 7.89. The number of thiazole rings is 1. The Hall–Kier alpha value is -2.58. The fraction of sp³-hybridized carbons (Fsp3) is 0.350. The minimum Gasteiger partial charge on any atom is -0.377 e. The quantitative estimate of drug-likeness (QED) is 0.732. The predicted octanol–water partition coefficient (Wildman–Crippen LogP) is 3.62. The van der Waals surface area contributed by atoms with E-state index in [-0.39, 0.29) is 23.0 Å². The lowest BCUT2D eigenvalue weighted by Crippen LogP contribution is -2.55. The summed E-state index contributed by atoms with van der Waals surface area (Å²) in [6, 6.07) is 6.04. The SMILES string of the molecule is CC(=O)N(c1nc(/C=C/C(=O)N2CCOCC2(C)C)cs1)c1ccccc1F. The van der Waals surface area contributed by atoms with Gasteiger partial charge in [0, 0.05) is 24.9 Å². The Morgan fingerprint density at radius 1 is 1.36 bits per heavy atom. The zero-order valence-electron chi connectivity index (χ0n) is 16.0. The lowest BCUT2D eigenvalue weighted by Gasteiger charge is -2.41. The lowest BCUT2D eigenvalue weighted by atomic mass is 10.0. The number of benzene rings is 1. The van der Waals surface area contributed by atoms with Gasteiger partial charge in [0.25, 0.3) is 0 Å². The monoisotopic (exact) mass is 403 g/mol. The maximum absolute atomic E-state index is 14.1. The largest absolute Gasteiger partial charge is 0.377 e. The second kappa shape index (κ2) is 8.20. The zero-order valence-corrected chi connectivity index (χ0v) is 16.8. The number of carbonyl (C=O) groups excluding carboxylic acids is 2. The van der Waals surface area contributed by atoms with E-state index in [1.165, 1.54) is 41.4 Å². The van der Waals surface area contributed by atoms with Crippen LogP contribution in [0.25, 0.3) is 6.08 Å². The molecule has 0 spiro atoms. The Balaban J connectivity index is 1.79. The third kappa shape index (κ3) is 4.28. The van der Waals surface area contributed by atoms with E-state index < -0.39 is 5.82 Å². The van der Waals surface area contributed by atoms with Crippen molar-refractivity contribution in [3.8, 4) is 0 Å². The highest BCUT2D eigenvalue weighted by molar-refractivity contribution is 7.14. The summed E-state index contributed by atoms with van der Waals surface area (Å²) in [5.41, 5.74) is 0.302. The third-order valence-corrected chi connectivity index (χ3v) is 5.26. The van der Waals surface area contributed by atoms with Crippen LogP contribution in [0.15, 0.2) is 35.7 Å². The highest BCUT2D eigenvalue weighted by atomic mass is 32.1. The maximum Gasteiger partial charge on any atom is 0.247 e. The second-order valence-electron chi connectivity index (χ2n) is 7.05. The number of amides is 2. The maximum atomic E-state index is 14.1. The molecule has 0 atom stereocenters. The molecular weight excluding hydrogens is 381 g/mol. The molecule has 0 radical (unpaired) electrons. The number of para-hydroxylation sites is 1. The lowest BCUT2D eigenvalue weighted by molar-refractivity contribution is -0.140. The van der Waals surface area contributed by atoms with Gasteiger partial charge < -0.3 is 9.64 Å². The Kier molecular flexibility index (Phi) is 5.90. The summed E-state index contributed by atoms with van der Waals surface area (Å²) >= 11 is 1.21. The molecule has 1 aliphatic heterocycles. The average Bonchev–Trinajstić information content (AvgIpc) is 3.09. The van der Waals surface area contributed by atoms with Crippen LogP contribution in [0.4, 0.5) is 15.2 Å². The van der Waals surface area contributed by atoms with Crippen LogP contribution in [0, 0.1) is 5.82 Å². The van der Waals surface area contributed by atoms with Crippen LogP contribution >= 0.6 is 11.3 Å². The highest BCUT2D eigenvalue weighted by Crippen LogP contribution is 2.31. The van der Waals surface area contributed by atoms with Gasteiger partial charge in [-0.15, -0.1) is 11.3 Å². The van der Waals surface area contributed by atoms with Crippen molar-refractivity contribution in [2.75, 3.05) is 24.7 Å². The standard InChI is InChI=1S/C20H22FN3O3S/c1-14(25)24(17-7-5-4-6-16(17)21)19-22-15(12-28-19)8-9-18(26)23-10-11-27-13-20(23,2)3/h4-9,12H,10-11,13H2,1-3H3/b9-8+. The molecular formula is C20H22FN3O3S. The van der Waals surface area contributed by atoms with Crippen molar-refractivity contribution in [1.82, 2.24) is 9.88 Å². The molecule has 1 fully saturated rings. The van der Waals surface area contributed by atoms with Crippen molar-refractivity contribution in [2.24, 2.45) is 0 Å². The van der Waals surface area contributed by atoms with E-state index in [0.29, 0.717) is 30.6 Å². The molecule has 8 heteroatoms. The number of ether oxygens (including phenoxy) is 1. The van der Waals surface area contributed by atoms with Gasteiger partial charge in [0.2, 0.25) is 11.8 Å². The van der Waals surface area contributed by atoms with Crippen molar-refractivity contribution in [2.45, 2.75) is 26.3 Å². The molecule has 148 valence electrons. The zero-order chi connectivity index (χ0) is 20.3. The van der Waals surface area contributed by atoms with E-state index >= 15 is 0 Å². The Labute approximate surface area is 167 Å². The Morgan fingerprint density at radius 2 is 2.11 bits per heavy atom. The normalized spacial score (nSPS) is 16.4. The van der Waals surface area contributed by atoms with E-state index in [0.717, 1.165) is 0 Å². The van der Waals surface area contributed by atoms with Gasteiger partial charge in [0.1, 0.15) is 5.82 Å². The molecule has 28 heavy (non-hydrogen) atoms. The first-order valence-corrected chi connectivity index (χ1v) is 9.76. The molecule has 0 saturated carbocycles. The van der Waals surface area contributed by atoms with Crippen LogP contribution in [0.1, 0.15) is 26.5 Å². The van der Waals surface area contributed by atoms with Crippen LogP contribution in [0.5, 0.6) is 0 Å². The highest BCUT2D eigenvalue weighted by Gasteiger charge is 2.33. The third-order valence-electron chi connectivity index (χ3n) is 4.42. The van der Waals surface area contributed by atoms with Gasteiger partial charge in [0.15, 0.2) is 5.13 Å². The summed E-state index contributed by atoms with van der Waals surface area (Å²) in [6.45, 7) is 6.80. The van der Waals surface area contributed by atoms with Gasteiger partial charge in [-0.25, -0.2) is 9.37 Å². The van der Waals surface area contributed by atoms with E-state index in [4.69, 9.17) is 4.74 Å². The van der Waals surface area contributed by atoms with E-state index in [2.05, 4.69) is 4.98 Å². The smallest absolute Gasteiger partial charge is 0.247 e. The summed E-state index contributed by atoms with van der Waals surface area (Å²) in [4.78, 5) is 32.0. The summed E-state index contributed by atoms with van der Waals surface area (Å²) in [6.07, 6.45) is 3.07. The summed E-state index contributed by atoms with van der Waals surface area (Å²) in [5, 5.41) is 2.07. The molecule has 6 nitrogen and oxygen atoms in total. The van der Waals surface area contributed by atoms with Crippen LogP contribution in [-0.4, -0.2) is 47.0 Å². The molecule has 0 aliphatic carbocycles. The number of aromatic nitrogens is 1. The molecule has 1 aromatic carbocycles. The number of hydrogen-bond donors (Lipinski definition) is 0. The summed E-state index contributed by atoms with van der Waals surface area (Å²) in [7, 11) is 0. The first-order chi connectivity index (χ1) is 13.3. The van der Waals surface area contributed by atoms with Crippen molar-refractivity contribution in [3.05, 3.63) is 47.2 Å². The predicted molar refractivity (Wildman–Crippen MR) is 107 cm³/mol. The first kappa shape index (κ1) is 20.2. The molecule has 0 bridgehead atoms. The first-order valence-electron chi connectivity index (χ1n) is 8.88. The Morgan fingerprint density at radius 3 is 2.79 bits per heavy atom. The van der Waals surface area contributed by atoms with E-state index in [9.17, 15) is 14.0 Å². The number of halogens is 1. The van der Waals surface area contributed by atoms with Gasteiger partial charge in [-0.2, -0.15) is 0 Å². The molecule has 0 N–H and O–H groups in total. The molecule has 2 heterocycles. The topological polar surface area (TPSA) is 62.7 Å². The summed E-state index contributed by atoms with van der Waals surface area (Å²) in [5.74, 6) is -0.976. The number of anilines is 2. The van der Waals surface area contributed by atoms with Gasteiger partial charge in [-0.05, 0) is 32.1 Å². The molecule has 2 aromatic rings. The number of morpholine rings is 1. The average molecular weight is 403 g/mol. The van der Waals surface area contributed by atoms with Gasteiger partial charge in [0.05, 0.1) is 30.1 Å². The van der Waals surface area contributed by atoms with E-state index in [1.54, 1.807) is 28.5 Å². The van der Waals surface area contributed by atoms with Gasteiger partial charge in [-0.3, -0.25) is 14.5 Å². The van der Waals surface area contributed by atoms with Gasteiger partial charge in [-0.1, -0.05) is 12.1 Å². The molecule has 1 aromatic heterocycles. The van der Waals surface area contributed by atoms with Crippen LogP contribution in [0.3, 0.4) is 0 Å². The fourth-order valence-electron chi connectivity index (χ4n) is 3.01. The van der Waals surface area contributed by atoms with Gasteiger partial charge >= 0.3 is 0 Å². The molecule has 1 aliphatic rings. The molecule has 3 rings (SSSR count). The minimum absolute atomic E-state index is 0.125. The van der Waals surface area contributed by atoms with Crippen molar-refractivity contribution < 1.29 is 18.7 Å². The Bertz CT molecular complexity index is 910. The van der Waals surface area contributed by atoms with Crippen LogP contribution < -0.4 is 4.90 Å². The van der Waals surface area contributed by atoms with E-state index in [1.807, 2.05) is 13.8 Å². The van der Waals surface area contributed by atoms with Crippen molar-refractivity contribution in [1.29, 1.82) is 0 Å². The van der Waals surface area contributed by atoms with Crippen LogP contribution in [-0.2, 0) is 14.3 Å². The summed E-state index contributed by atoms with van der Waals surface area (Å²) < 4.78 is 19.6. The number of hydrogen-bond acceptors (Lipinski definition) is 5. The number of carbonyl (C=O) groups is 2. The number of nitrogens with zero attached hydrogens (tertiary/aromatic N) is 3. The fourth-order valence-corrected chi connectivity index (χ4v) is 3.86. The van der Waals surface area contributed by atoms with Crippen molar-refractivity contribution in [3.63, 3.8) is 0 Å². The minimum atomic E-state index is -0.505. The van der Waals surface area contributed by atoms with Crippen LogP contribution in [0.2, 0.25) is 0 Å². The number of rotatable bonds is 4.